The van der Waals surface area contributed by atoms with Crippen LogP contribution in [0.3, 0.4) is 0 Å². The molecule has 4 rings (SSSR count). The third-order valence-electron chi connectivity index (χ3n) is 7.34. The summed E-state index contributed by atoms with van der Waals surface area (Å²) in [5.41, 5.74) is 4.07. The molecule has 0 saturated heterocycles. The third-order valence-corrected chi connectivity index (χ3v) is 8.33. The van der Waals surface area contributed by atoms with Gasteiger partial charge in [-0.25, -0.2) is 0 Å². The van der Waals surface area contributed by atoms with Crippen molar-refractivity contribution in [2.75, 3.05) is 5.75 Å². The van der Waals surface area contributed by atoms with Gasteiger partial charge in [0.05, 0.1) is 10.7 Å². The van der Waals surface area contributed by atoms with Crippen LogP contribution in [-0.2, 0) is 28.3 Å². The number of carbonyl (C=O) groups is 2. The van der Waals surface area contributed by atoms with E-state index in [1.54, 1.807) is 17.0 Å². The monoisotopic (exact) mass is 559 g/mol. The number of nitro groups is 1. The highest BCUT2D eigenvalue weighted by atomic mass is 32.2. The van der Waals surface area contributed by atoms with Crippen molar-refractivity contribution in [1.82, 2.24) is 10.2 Å². The van der Waals surface area contributed by atoms with Gasteiger partial charge in [-0.1, -0.05) is 91.6 Å². The lowest BCUT2D eigenvalue weighted by Crippen LogP contribution is -2.53. The average Bonchev–Trinajstić information content (AvgIpc) is 2.97. The molecule has 1 fully saturated rings. The fraction of sp³-hybridized carbons (Fsp3) is 0.375. The number of hydrogen-bond acceptors (Lipinski definition) is 5. The quantitative estimate of drug-likeness (QED) is 0.210. The zero-order chi connectivity index (χ0) is 28.3. The number of non-ortho nitro benzene ring substituents is 1. The fourth-order valence-corrected chi connectivity index (χ4v) is 5.91. The van der Waals surface area contributed by atoms with E-state index in [-0.39, 0.29) is 29.3 Å². The molecule has 2 amide bonds. The molecule has 0 aliphatic heterocycles. The van der Waals surface area contributed by atoms with Crippen LogP contribution in [0.4, 0.5) is 5.69 Å². The first kappa shape index (κ1) is 29.3. The van der Waals surface area contributed by atoms with Gasteiger partial charge < -0.3 is 10.2 Å². The standard InChI is InChI=1S/C32H37N3O4S/c1-24-12-14-26(15-13-24)21-34(31(36)23-40-22-27-16-18-29(19-17-27)35(38)39)30(20-25-8-4-2-5-9-25)32(37)33-28-10-6-3-7-11-28/h2,4-5,8-9,12-19,28,30H,3,6-7,10-11,20-23H2,1H3,(H,33,37)/t30-/m0/s1. The average molecular weight is 560 g/mol. The molecule has 0 radical (unpaired) electrons. The number of carbonyl (C=O) groups excluding carboxylic acids is 2. The first-order valence-electron chi connectivity index (χ1n) is 13.9. The first-order chi connectivity index (χ1) is 19.4. The minimum Gasteiger partial charge on any atom is -0.352 e. The molecule has 40 heavy (non-hydrogen) atoms. The zero-order valence-corrected chi connectivity index (χ0v) is 23.8. The van der Waals surface area contributed by atoms with Crippen LogP contribution in [0.5, 0.6) is 0 Å². The van der Waals surface area contributed by atoms with E-state index in [2.05, 4.69) is 5.32 Å². The van der Waals surface area contributed by atoms with Crippen molar-refractivity contribution in [2.24, 2.45) is 0 Å². The molecule has 210 valence electrons. The van der Waals surface area contributed by atoms with Gasteiger partial charge >= 0.3 is 0 Å². The van der Waals surface area contributed by atoms with E-state index in [9.17, 15) is 19.7 Å². The van der Waals surface area contributed by atoms with Crippen LogP contribution in [-0.4, -0.2) is 39.5 Å². The second-order valence-electron chi connectivity index (χ2n) is 10.5. The second kappa shape index (κ2) is 14.7. The van der Waals surface area contributed by atoms with E-state index in [1.807, 2.05) is 61.5 Å². The SMILES string of the molecule is Cc1ccc(CN(C(=O)CSCc2ccc([N+](=O)[O-])cc2)[C@@H](Cc2ccccc2)C(=O)NC2CCCCC2)cc1. The molecule has 8 heteroatoms. The molecule has 0 unspecified atom stereocenters. The number of rotatable bonds is 12. The van der Waals surface area contributed by atoms with Crippen LogP contribution in [0.1, 0.15) is 54.4 Å². The Labute approximate surface area is 240 Å². The molecular weight excluding hydrogens is 522 g/mol. The summed E-state index contributed by atoms with van der Waals surface area (Å²) in [6.07, 6.45) is 5.80. The van der Waals surface area contributed by atoms with Crippen LogP contribution in [0.25, 0.3) is 0 Å². The van der Waals surface area contributed by atoms with Crippen molar-refractivity contribution >= 4 is 29.3 Å². The number of amides is 2. The van der Waals surface area contributed by atoms with E-state index in [0.29, 0.717) is 18.7 Å². The molecule has 1 saturated carbocycles. The molecule has 3 aromatic rings. The van der Waals surface area contributed by atoms with Crippen LogP contribution in [0, 0.1) is 17.0 Å². The molecule has 1 atom stereocenters. The Bertz CT molecular complexity index is 1260. The summed E-state index contributed by atoms with van der Waals surface area (Å²) in [4.78, 5) is 39.9. The number of thioether (sulfide) groups is 1. The van der Waals surface area contributed by atoms with Gasteiger partial charge in [-0.2, -0.15) is 0 Å². The van der Waals surface area contributed by atoms with Gasteiger partial charge in [0.2, 0.25) is 11.8 Å². The van der Waals surface area contributed by atoms with E-state index in [0.717, 1.165) is 47.9 Å². The minimum absolute atomic E-state index is 0.0434. The summed E-state index contributed by atoms with van der Waals surface area (Å²) in [5.74, 6) is 0.536. The van der Waals surface area contributed by atoms with Gasteiger partial charge in [0, 0.05) is 36.9 Å². The minimum atomic E-state index is -0.641. The Hall–Kier alpha value is -3.65. The largest absolute Gasteiger partial charge is 0.352 e. The molecule has 0 spiro atoms. The summed E-state index contributed by atoms with van der Waals surface area (Å²) in [7, 11) is 0. The summed E-state index contributed by atoms with van der Waals surface area (Å²) in [6, 6.07) is 23.8. The topological polar surface area (TPSA) is 92.6 Å². The number of nitro benzene ring substituents is 1. The van der Waals surface area contributed by atoms with Crippen LogP contribution in [0.2, 0.25) is 0 Å². The predicted molar refractivity (Wildman–Crippen MR) is 160 cm³/mol. The van der Waals surface area contributed by atoms with Crippen molar-refractivity contribution in [3.8, 4) is 0 Å². The lowest BCUT2D eigenvalue weighted by atomic mass is 9.94. The number of nitrogens with one attached hydrogen (secondary N) is 1. The van der Waals surface area contributed by atoms with E-state index in [4.69, 9.17) is 0 Å². The molecule has 1 aliphatic carbocycles. The number of benzene rings is 3. The maximum absolute atomic E-state index is 13.8. The second-order valence-corrected chi connectivity index (χ2v) is 11.5. The highest BCUT2D eigenvalue weighted by Gasteiger charge is 2.31. The first-order valence-corrected chi connectivity index (χ1v) is 15.0. The Kier molecular flexibility index (Phi) is 10.7. The van der Waals surface area contributed by atoms with Crippen molar-refractivity contribution in [1.29, 1.82) is 0 Å². The smallest absolute Gasteiger partial charge is 0.269 e. The van der Waals surface area contributed by atoms with Gasteiger partial charge in [-0.15, -0.1) is 11.8 Å². The molecule has 1 N–H and O–H groups in total. The van der Waals surface area contributed by atoms with E-state index < -0.39 is 11.0 Å². The Morgan fingerprint density at radius 3 is 2.23 bits per heavy atom. The van der Waals surface area contributed by atoms with Gasteiger partial charge in [0.15, 0.2) is 0 Å². The lowest BCUT2D eigenvalue weighted by molar-refractivity contribution is -0.384. The number of hydrogen-bond donors (Lipinski definition) is 1. The Morgan fingerprint density at radius 2 is 1.57 bits per heavy atom. The molecular formula is C32H37N3O4S. The van der Waals surface area contributed by atoms with Gasteiger partial charge in [-0.3, -0.25) is 19.7 Å². The van der Waals surface area contributed by atoms with Crippen molar-refractivity contribution < 1.29 is 14.5 Å². The predicted octanol–water partition coefficient (Wildman–Crippen LogP) is 6.23. The van der Waals surface area contributed by atoms with Crippen LogP contribution >= 0.6 is 11.8 Å². The molecule has 1 aliphatic rings. The summed E-state index contributed by atoms with van der Waals surface area (Å²) in [6.45, 7) is 2.37. The zero-order valence-electron chi connectivity index (χ0n) is 23.0. The van der Waals surface area contributed by atoms with Crippen LogP contribution in [0.15, 0.2) is 78.9 Å². The van der Waals surface area contributed by atoms with Gasteiger partial charge in [0.1, 0.15) is 6.04 Å². The number of nitrogens with zero attached hydrogens (tertiary/aromatic N) is 2. The molecule has 0 aromatic heterocycles. The molecule has 0 bridgehead atoms. The normalized spacial score (nSPS) is 14.3. The Balaban J connectivity index is 1.54. The van der Waals surface area contributed by atoms with Crippen LogP contribution < -0.4 is 5.32 Å². The lowest BCUT2D eigenvalue weighted by Gasteiger charge is -2.33. The molecule has 3 aromatic carbocycles. The van der Waals surface area contributed by atoms with Gasteiger partial charge in [-0.05, 0) is 36.5 Å². The van der Waals surface area contributed by atoms with E-state index in [1.165, 1.54) is 30.3 Å². The maximum Gasteiger partial charge on any atom is 0.269 e. The Morgan fingerprint density at radius 1 is 0.925 bits per heavy atom. The summed E-state index contributed by atoms with van der Waals surface area (Å²) < 4.78 is 0. The van der Waals surface area contributed by atoms with Gasteiger partial charge in [0.25, 0.3) is 5.69 Å². The fourth-order valence-electron chi connectivity index (χ4n) is 5.04. The van der Waals surface area contributed by atoms with E-state index >= 15 is 0 Å². The summed E-state index contributed by atoms with van der Waals surface area (Å²) in [5, 5.41) is 14.2. The number of aryl methyl sites for hydroxylation is 1. The highest BCUT2D eigenvalue weighted by molar-refractivity contribution is 7.99. The highest BCUT2D eigenvalue weighted by Crippen LogP contribution is 2.22. The van der Waals surface area contributed by atoms with Crippen molar-refractivity contribution in [3.63, 3.8) is 0 Å². The molecule has 0 heterocycles. The molecule has 7 nitrogen and oxygen atoms in total. The third kappa shape index (κ3) is 8.68. The maximum atomic E-state index is 13.8. The van der Waals surface area contributed by atoms with Crippen molar-refractivity contribution in [2.45, 2.75) is 69.8 Å². The van der Waals surface area contributed by atoms with Crippen molar-refractivity contribution in [3.05, 3.63) is 111 Å². The summed E-state index contributed by atoms with van der Waals surface area (Å²) >= 11 is 1.45.